The van der Waals surface area contributed by atoms with Crippen molar-refractivity contribution in [2.75, 3.05) is 0 Å². The van der Waals surface area contributed by atoms with Gasteiger partial charge >= 0.3 is 26.2 Å². The van der Waals surface area contributed by atoms with Gasteiger partial charge in [-0.25, -0.2) is 5.45 Å². The van der Waals surface area contributed by atoms with Crippen molar-refractivity contribution >= 4 is 13.7 Å². The average Bonchev–Trinajstić information content (AvgIpc) is 3.51. The van der Waals surface area contributed by atoms with Gasteiger partial charge in [-0.05, 0) is 55.4 Å². The monoisotopic (exact) mass is 563 g/mol. The smallest absolute Gasteiger partial charge is 0.853 e. The van der Waals surface area contributed by atoms with Gasteiger partial charge in [-0.2, -0.15) is 5.56 Å². The molecular weight excluding hydrogens is 513 g/mol. The van der Waals surface area contributed by atoms with Gasteiger partial charge < -0.3 is 5.41 Å². The van der Waals surface area contributed by atoms with Crippen LogP contribution in [0.1, 0.15) is 125 Å². The van der Waals surface area contributed by atoms with Gasteiger partial charge in [-0.15, -0.1) is 30.3 Å². The summed E-state index contributed by atoms with van der Waals surface area (Å²) in [6, 6.07) is 12.3. The first kappa shape index (κ1) is 34.1. The van der Waals surface area contributed by atoms with E-state index in [1.54, 1.807) is 0 Å². The van der Waals surface area contributed by atoms with Crippen LogP contribution in [-0.4, -0.2) is 39.0 Å². The first-order valence-electron chi connectivity index (χ1n) is 13.6. The van der Waals surface area contributed by atoms with Gasteiger partial charge in [0.2, 0.25) is 0 Å². The van der Waals surface area contributed by atoms with Crippen molar-refractivity contribution in [3.05, 3.63) is 41.3 Å². The first-order valence-corrected chi connectivity index (χ1v) is 14.8. The molecule has 0 aliphatic heterocycles. The molecule has 5 heteroatoms. The molecule has 0 unspecified atom stereocenters. The summed E-state index contributed by atoms with van der Waals surface area (Å²) in [5, 5.41) is 11.1. The third kappa shape index (κ3) is 12.4. The molecule has 34 heavy (non-hydrogen) atoms. The van der Waals surface area contributed by atoms with E-state index in [1.807, 2.05) is 24.3 Å². The number of benzene rings is 1. The minimum absolute atomic E-state index is 0. The van der Waals surface area contributed by atoms with Crippen LogP contribution in [0.2, 0.25) is 0 Å². The van der Waals surface area contributed by atoms with Crippen LogP contribution in [0.25, 0.3) is 5.41 Å². The van der Waals surface area contributed by atoms with Gasteiger partial charge in [0.15, 0.2) is 0 Å². The van der Waals surface area contributed by atoms with Crippen LogP contribution < -0.4 is 0 Å². The molecule has 2 aliphatic carbocycles. The standard InChI is InChI=1S/C19H32N3P.2C5H10.Zr/c1-14(2)21(15(3)4)23(22(16(5)6)17(7)8)19(20)18-12-10-9-11-13-18;2*1-2-4-5-3-1;/h9-12,14-17H,1-8H3;2*1-5H2;/q-2;;;+4. The van der Waals surface area contributed by atoms with Crippen LogP contribution in [0.15, 0.2) is 24.3 Å². The molecule has 0 saturated heterocycles. The first-order chi connectivity index (χ1) is 15.7. The predicted molar refractivity (Wildman–Crippen MR) is 150 cm³/mol. The van der Waals surface area contributed by atoms with Crippen molar-refractivity contribution in [2.45, 2.75) is 144 Å². The molecule has 0 amide bonds. The molecule has 0 aromatic heterocycles. The summed E-state index contributed by atoms with van der Waals surface area (Å²) >= 11 is 0. The van der Waals surface area contributed by atoms with Gasteiger partial charge in [0.1, 0.15) is 0 Å². The molecule has 1 aromatic rings. The molecule has 0 bridgehead atoms. The van der Waals surface area contributed by atoms with Crippen molar-refractivity contribution in [3.63, 3.8) is 0 Å². The van der Waals surface area contributed by atoms with Gasteiger partial charge in [0.05, 0.1) is 0 Å². The van der Waals surface area contributed by atoms with E-state index < -0.39 is 8.22 Å². The third-order valence-corrected chi connectivity index (χ3v) is 9.54. The van der Waals surface area contributed by atoms with Gasteiger partial charge in [-0.1, -0.05) is 64.2 Å². The predicted octanol–water partition coefficient (Wildman–Crippen LogP) is 9.25. The van der Waals surface area contributed by atoms with Crippen LogP contribution in [0, 0.1) is 6.07 Å². The van der Waals surface area contributed by atoms with Crippen molar-refractivity contribution in [1.29, 1.82) is 0 Å². The topological polar surface area (TPSA) is 28.8 Å². The molecular formula is C29H52N3PZr+2. The maximum Gasteiger partial charge on any atom is 4.00 e. The zero-order valence-electron chi connectivity index (χ0n) is 23.5. The zero-order valence-corrected chi connectivity index (χ0v) is 26.8. The Kier molecular flexibility index (Phi) is 19.3. The Morgan fingerprint density at radius 1 is 0.676 bits per heavy atom. The maximum absolute atomic E-state index is 11.1. The van der Waals surface area contributed by atoms with Crippen LogP contribution >= 0.6 is 8.22 Å². The molecule has 2 fully saturated rings. The molecule has 0 heterocycles. The van der Waals surface area contributed by atoms with Crippen molar-refractivity contribution in [1.82, 2.24) is 9.34 Å². The molecule has 3 nitrogen and oxygen atoms in total. The Hall–Kier alpha value is 0.123. The fourth-order valence-corrected chi connectivity index (χ4v) is 7.59. The number of hydrogen-bond acceptors (Lipinski definition) is 2. The number of hydrogen-bond donors (Lipinski definition) is 0. The molecule has 0 radical (unpaired) electrons. The number of nitrogens with zero attached hydrogens (tertiary/aromatic N) is 3. The van der Waals surface area contributed by atoms with E-state index in [0.29, 0.717) is 29.6 Å². The van der Waals surface area contributed by atoms with E-state index in [0.717, 1.165) is 5.56 Å². The van der Waals surface area contributed by atoms with Crippen LogP contribution in [0.5, 0.6) is 0 Å². The largest absolute Gasteiger partial charge is 4.00 e. The van der Waals surface area contributed by atoms with E-state index in [2.05, 4.69) is 70.8 Å². The molecule has 0 N–H and O–H groups in total. The quantitative estimate of drug-likeness (QED) is 0.179. The fraction of sp³-hybridized carbons (Fsp3) is 0.759. The summed E-state index contributed by atoms with van der Waals surface area (Å²) in [6.45, 7) is 17.6. The maximum atomic E-state index is 11.1. The summed E-state index contributed by atoms with van der Waals surface area (Å²) < 4.78 is 4.87. The fourth-order valence-electron chi connectivity index (χ4n) is 4.81. The Balaban J connectivity index is 0.000000804. The van der Waals surface area contributed by atoms with Crippen molar-refractivity contribution in [3.8, 4) is 0 Å². The van der Waals surface area contributed by atoms with Crippen LogP contribution in [0.3, 0.4) is 0 Å². The van der Waals surface area contributed by atoms with E-state index in [-0.39, 0.29) is 26.2 Å². The Morgan fingerprint density at radius 2 is 1.00 bits per heavy atom. The second-order valence-electron chi connectivity index (χ2n) is 10.6. The summed E-state index contributed by atoms with van der Waals surface area (Å²) in [5.74, 6) is 0. The van der Waals surface area contributed by atoms with E-state index >= 15 is 0 Å². The Bertz CT molecular complexity index is 564. The summed E-state index contributed by atoms with van der Waals surface area (Å²) in [6.07, 6.45) is 15.0. The van der Waals surface area contributed by atoms with E-state index in [4.69, 9.17) is 0 Å². The molecule has 3 rings (SSSR count). The average molecular weight is 565 g/mol. The van der Waals surface area contributed by atoms with Gasteiger partial charge in [-0.3, -0.25) is 9.34 Å². The minimum Gasteiger partial charge on any atom is -0.853 e. The minimum atomic E-state index is -0.975. The summed E-state index contributed by atoms with van der Waals surface area (Å²) in [5.41, 5.74) is 1.25. The molecule has 1 aromatic carbocycles. The Labute approximate surface area is 233 Å². The van der Waals surface area contributed by atoms with Crippen LogP contribution in [0.4, 0.5) is 0 Å². The van der Waals surface area contributed by atoms with E-state index in [1.165, 1.54) is 64.2 Å². The molecule has 190 valence electrons. The molecule has 2 saturated carbocycles. The second kappa shape index (κ2) is 19.3. The second-order valence-corrected chi connectivity index (χ2v) is 12.5. The van der Waals surface area contributed by atoms with E-state index in [9.17, 15) is 5.41 Å². The van der Waals surface area contributed by atoms with Gasteiger partial charge in [0.25, 0.3) is 0 Å². The Morgan fingerprint density at radius 3 is 1.24 bits per heavy atom. The van der Waals surface area contributed by atoms with Crippen molar-refractivity contribution in [2.24, 2.45) is 0 Å². The number of rotatable bonds is 8. The van der Waals surface area contributed by atoms with Gasteiger partial charge in [0, 0.05) is 32.4 Å². The molecule has 0 spiro atoms. The normalized spacial score (nSPS) is 15.6. The summed E-state index contributed by atoms with van der Waals surface area (Å²) in [4.78, 5) is 0. The zero-order chi connectivity index (χ0) is 24.8. The molecule has 0 atom stereocenters. The molecule has 2 aliphatic rings. The third-order valence-electron chi connectivity index (χ3n) is 6.19. The summed E-state index contributed by atoms with van der Waals surface area (Å²) in [7, 11) is -0.975. The van der Waals surface area contributed by atoms with Crippen molar-refractivity contribution < 1.29 is 26.2 Å². The van der Waals surface area contributed by atoms with Crippen LogP contribution in [-0.2, 0) is 26.2 Å². The SMILES string of the molecule is C1CCCC1.C1CCCC1.CC(C)N(C(C)C)P(C(=[N-])c1[c-]cccc1)N(C(C)C)C(C)C.[Zr+4].